The van der Waals surface area contributed by atoms with E-state index in [0.29, 0.717) is 12.2 Å². The topological polar surface area (TPSA) is 26.3 Å². The molecule has 0 amide bonds. The highest BCUT2D eigenvalue weighted by Crippen LogP contribution is 1.99. The molecule has 4 heteroatoms. The minimum absolute atomic E-state index is 0. The van der Waals surface area contributed by atoms with Gasteiger partial charge in [-0.15, -0.1) is 0 Å². The molecule has 90 valence electrons. The van der Waals surface area contributed by atoms with Gasteiger partial charge >= 0.3 is 5.97 Å². The fourth-order valence-corrected chi connectivity index (χ4v) is 0.976. The molecule has 0 atom stereocenters. The molecule has 15 heavy (non-hydrogen) atoms. The second-order valence-corrected chi connectivity index (χ2v) is 4.64. The largest absolute Gasteiger partial charge is 1.00 e. The number of carbonyl (C=O) groups excluding carboxylic acids is 1. The smallest absolute Gasteiger partial charge is 0.333 e. The first-order valence-electron chi connectivity index (χ1n) is 4.96. The number of unbranched alkanes of at least 4 members (excludes halogenated alkanes) is 1. The summed E-state index contributed by atoms with van der Waals surface area (Å²) in [5, 5.41) is 0. The highest BCUT2D eigenvalue weighted by Gasteiger charge is 2.06. The lowest BCUT2D eigenvalue weighted by atomic mass is 10.3. The van der Waals surface area contributed by atoms with Crippen LogP contribution in [-0.4, -0.2) is 44.7 Å². The van der Waals surface area contributed by atoms with Crippen molar-refractivity contribution in [3.8, 4) is 0 Å². The van der Waals surface area contributed by atoms with Crippen LogP contribution >= 0.6 is 0 Å². The van der Waals surface area contributed by atoms with Gasteiger partial charge in [-0.2, -0.15) is 0 Å². The van der Waals surface area contributed by atoms with Crippen LogP contribution in [0.2, 0.25) is 0 Å². The Kier molecular flexibility index (Phi) is 8.96. The third-order valence-electron chi connectivity index (χ3n) is 1.80. The van der Waals surface area contributed by atoms with E-state index < -0.39 is 0 Å². The number of nitrogens with zero attached hydrogens (tertiary/aromatic N) is 1. The lowest BCUT2D eigenvalue weighted by Gasteiger charge is -2.23. The van der Waals surface area contributed by atoms with Gasteiger partial charge in [-0.1, -0.05) is 6.58 Å². The average molecular weight is 280 g/mol. The van der Waals surface area contributed by atoms with Gasteiger partial charge < -0.3 is 26.2 Å². The van der Waals surface area contributed by atoms with Crippen molar-refractivity contribution < 1.29 is 31.0 Å². The van der Waals surface area contributed by atoms with Gasteiger partial charge in [-0.05, 0) is 19.8 Å². The van der Waals surface area contributed by atoms with Gasteiger partial charge in [0.05, 0.1) is 34.3 Å². The second-order valence-electron chi connectivity index (χ2n) is 4.64. The Balaban J connectivity index is 0. The van der Waals surface area contributed by atoms with Crippen LogP contribution in [0, 0.1) is 0 Å². The standard InChI is InChI=1S/C11H22NO2.BrH/c1-10(2)11(13)14-9-7-6-8-12(3,4)5;/h1,6-9H2,2-5H3;1H/q+1;/p-1. The summed E-state index contributed by atoms with van der Waals surface area (Å²) in [6.45, 7) is 6.78. The molecule has 0 bridgehead atoms. The highest BCUT2D eigenvalue weighted by atomic mass is 79.9. The van der Waals surface area contributed by atoms with Gasteiger partial charge in [-0.25, -0.2) is 4.79 Å². The molecule has 0 fully saturated rings. The molecule has 0 unspecified atom stereocenters. The van der Waals surface area contributed by atoms with E-state index in [4.69, 9.17) is 4.74 Å². The Morgan fingerprint density at radius 2 is 1.80 bits per heavy atom. The number of rotatable bonds is 6. The zero-order chi connectivity index (χ0) is 11.2. The quantitative estimate of drug-likeness (QED) is 0.259. The van der Waals surface area contributed by atoms with Crippen LogP contribution in [0.3, 0.4) is 0 Å². The van der Waals surface area contributed by atoms with E-state index in [0.717, 1.165) is 23.9 Å². The van der Waals surface area contributed by atoms with Gasteiger partial charge in [0.1, 0.15) is 0 Å². The summed E-state index contributed by atoms with van der Waals surface area (Å²) in [5.41, 5.74) is 0.469. The van der Waals surface area contributed by atoms with Crippen LogP contribution in [0.4, 0.5) is 0 Å². The maximum atomic E-state index is 11.0. The maximum absolute atomic E-state index is 11.0. The summed E-state index contributed by atoms with van der Waals surface area (Å²) in [6.07, 6.45) is 2.00. The fraction of sp³-hybridized carbons (Fsp3) is 0.727. The van der Waals surface area contributed by atoms with Gasteiger partial charge in [0, 0.05) is 5.57 Å². The molecule has 0 saturated carbocycles. The monoisotopic (exact) mass is 279 g/mol. The molecule has 0 heterocycles. The zero-order valence-electron chi connectivity index (χ0n) is 10.2. The van der Waals surface area contributed by atoms with Crippen LogP contribution in [0.5, 0.6) is 0 Å². The van der Waals surface area contributed by atoms with Crippen molar-refractivity contribution >= 4 is 5.97 Å². The number of quaternary nitrogens is 1. The van der Waals surface area contributed by atoms with Crippen molar-refractivity contribution in [2.24, 2.45) is 0 Å². The van der Waals surface area contributed by atoms with E-state index in [-0.39, 0.29) is 23.0 Å². The van der Waals surface area contributed by atoms with Crippen molar-refractivity contribution in [2.75, 3.05) is 34.3 Å². The summed E-state index contributed by atoms with van der Waals surface area (Å²) in [4.78, 5) is 11.0. The average Bonchev–Trinajstić information content (AvgIpc) is 2.01. The van der Waals surface area contributed by atoms with Gasteiger partial charge in [0.25, 0.3) is 0 Å². The third kappa shape index (κ3) is 11.6. The third-order valence-corrected chi connectivity index (χ3v) is 1.80. The Hall–Kier alpha value is -0.350. The second kappa shape index (κ2) is 7.88. The van der Waals surface area contributed by atoms with E-state index in [2.05, 4.69) is 27.7 Å². The lowest BCUT2D eigenvalue weighted by Crippen LogP contribution is -3.00. The number of esters is 1. The SMILES string of the molecule is C=C(C)C(=O)OCCCC[N+](C)(C)C.[Br-]. The Labute approximate surface area is 103 Å². The zero-order valence-corrected chi connectivity index (χ0v) is 11.8. The number of carbonyl (C=O) groups is 1. The molecular formula is C11H22BrNO2. The van der Waals surface area contributed by atoms with Crippen molar-refractivity contribution in [2.45, 2.75) is 19.8 Å². The van der Waals surface area contributed by atoms with E-state index in [1.165, 1.54) is 0 Å². The number of ether oxygens (including phenoxy) is 1. The molecule has 0 aromatic rings. The minimum atomic E-state index is -0.282. The fourth-order valence-electron chi connectivity index (χ4n) is 0.976. The molecule has 0 rings (SSSR count). The highest BCUT2D eigenvalue weighted by molar-refractivity contribution is 5.86. The van der Waals surface area contributed by atoms with E-state index in [9.17, 15) is 4.79 Å². The predicted molar refractivity (Wildman–Crippen MR) is 57.9 cm³/mol. The molecular weight excluding hydrogens is 258 g/mol. The van der Waals surface area contributed by atoms with Gasteiger partial charge in [0.15, 0.2) is 0 Å². The number of hydrogen-bond acceptors (Lipinski definition) is 2. The molecule has 0 N–H and O–H groups in total. The maximum Gasteiger partial charge on any atom is 0.333 e. The Bertz CT molecular complexity index is 209. The summed E-state index contributed by atoms with van der Waals surface area (Å²) in [7, 11) is 6.46. The van der Waals surface area contributed by atoms with Gasteiger partial charge in [-0.3, -0.25) is 0 Å². The molecule has 0 saturated heterocycles. The van der Waals surface area contributed by atoms with E-state index in [1.54, 1.807) is 6.92 Å². The molecule has 0 aliphatic rings. The first kappa shape index (κ1) is 17.1. The predicted octanol–water partition coefficient (Wildman–Crippen LogP) is -1.40. The number of halogens is 1. The van der Waals surface area contributed by atoms with Gasteiger partial charge in [0.2, 0.25) is 0 Å². The van der Waals surface area contributed by atoms with Crippen molar-refractivity contribution in [3.63, 3.8) is 0 Å². The molecule has 3 nitrogen and oxygen atoms in total. The summed E-state index contributed by atoms with van der Waals surface area (Å²) in [6, 6.07) is 0. The lowest BCUT2D eigenvalue weighted by molar-refractivity contribution is -0.870. The molecule has 0 aromatic carbocycles. The van der Waals surface area contributed by atoms with Crippen molar-refractivity contribution in [3.05, 3.63) is 12.2 Å². The van der Waals surface area contributed by atoms with Crippen molar-refractivity contribution in [1.82, 2.24) is 0 Å². The molecule has 0 aliphatic carbocycles. The van der Waals surface area contributed by atoms with Crippen LogP contribution in [0.1, 0.15) is 19.8 Å². The normalized spacial score (nSPS) is 10.4. The first-order chi connectivity index (χ1) is 6.33. The summed E-state index contributed by atoms with van der Waals surface area (Å²) >= 11 is 0. The Morgan fingerprint density at radius 1 is 1.27 bits per heavy atom. The van der Waals surface area contributed by atoms with E-state index in [1.807, 2.05) is 0 Å². The van der Waals surface area contributed by atoms with Crippen LogP contribution in [0.25, 0.3) is 0 Å². The number of hydrogen-bond donors (Lipinski definition) is 0. The van der Waals surface area contributed by atoms with E-state index >= 15 is 0 Å². The summed E-state index contributed by atoms with van der Waals surface area (Å²) in [5.74, 6) is -0.282. The van der Waals surface area contributed by atoms with Crippen molar-refractivity contribution in [1.29, 1.82) is 0 Å². The molecule has 0 aromatic heterocycles. The minimum Gasteiger partial charge on any atom is -1.00 e. The Morgan fingerprint density at radius 3 is 2.20 bits per heavy atom. The molecule has 0 spiro atoms. The molecule has 0 radical (unpaired) electrons. The van der Waals surface area contributed by atoms with Crippen LogP contribution in [-0.2, 0) is 9.53 Å². The summed E-state index contributed by atoms with van der Waals surface area (Å²) < 4.78 is 5.93. The van der Waals surface area contributed by atoms with Crippen LogP contribution < -0.4 is 17.0 Å². The first-order valence-corrected chi connectivity index (χ1v) is 4.96. The van der Waals surface area contributed by atoms with Crippen LogP contribution in [0.15, 0.2) is 12.2 Å². The molecule has 0 aliphatic heterocycles.